The Bertz CT molecular complexity index is 1810. The van der Waals surface area contributed by atoms with Gasteiger partial charge in [0.15, 0.2) is 11.8 Å². The Kier molecular flexibility index (Phi) is 15.1. The molecule has 0 aromatic heterocycles. The molecule has 2 aromatic carbocycles. The van der Waals surface area contributed by atoms with Crippen molar-refractivity contribution in [2.75, 3.05) is 32.2 Å². The third-order valence-corrected chi connectivity index (χ3v) is 12.7. The van der Waals surface area contributed by atoms with E-state index < -0.39 is 56.4 Å². The Morgan fingerprint density at radius 2 is 1.80 bits per heavy atom. The first-order chi connectivity index (χ1) is 25.6. The van der Waals surface area contributed by atoms with Crippen molar-refractivity contribution in [2.45, 2.75) is 103 Å². The number of nitrogens with one attached hydrogen (secondary N) is 2. The van der Waals surface area contributed by atoms with Crippen molar-refractivity contribution in [3.05, 3.63) is 70.3 Å². The van der Waals surface area contributed by atoms with Gasteiger partial charge in [0.25, 0.3) is 5.91 Å². The summed E-state index contributed by atoms with van der Waals surface area (Å²) in [6.45, 7) is 8.06. The number of anilines is 1. The van der Waals surface area contributed by atoms with Gasteiger partial charge in [-0.2, -0.15) is 0 Å². The molecule has 14 heteroatoms. The first-order valence-electron chi connectivity index (χ1n) is 18.5. The fourth-order valence-electron chi connectivity index (χ4n) is 6.55. The molecule has 2 N–H and O–H groups in total. The molecule has 296 valence electrons. The Morgan fingerprint density at radius 3 is 2.44 bits per heavy atom. The number of carbonyl (C=O) groups is 4. The molecule has 4 atom stereocenters. The van der Waals surface area contributed by atoms with Gasteiger partial charge in [-0.05, 0) is 113 Å². The van der Waals surface area contributed by atoms with E-state index in [1.807, 2.05) is 18.2 Å². The van der Waals surface area contributed by atoms with Crippen LogP contribution >= 0.6 is 11.6 Å². The number of benzene rings is 2. The maximum atomic E-state index is 13.6. The molecule has 0 unspecified atom stereocenters. The van der Waals surface area contributed by atoms with Crippen LogP contribution < -0.4 is 19.7 Å². The number of carbonyl (C=O) groups excluding carboxylic acids is 4. The normalized spacial score (nSPS) is 17.9. The molecule has 2 amide bonds. The average Bonchev–Trinajstić information content (AvgIpc) is 3.14. The van der Waals surface area contributed by atoms with Crippen LogP contribution in [0.15, 0.2) is 48.6 Å². The number of sulfonamides is 1. The number of ether oxygens (including phenoxy) is 3. The lowest BCUT2D eigenvalue weighted by Crippen LogP contribution is -2.48. The molecule has 0 spiro atoms. The smallest absolute Gasteiger partial charge is 0.336 e. The topological polar surface area (TPSA) is 157 Å². The summed E-state index contributed by atoms with van der Waals surface area (Å²) in [5.74, 6) is -2.02. The van der Waals surface area contributed by atoms with E-state index in [4.69, 9.17) is 21.1 Å². The summed E-state index contributed by atoms with van der Waals surface area (Å²) in [6.07, 6.45) is 9.70. The van der Waals surface area contributed by atoms with Gasteiger partial charge in [0.05, 0.1) is 30.1 Å². The average molecular weight is 788 g/mol. The summed E-state index contributed by atoms with van der Waals surface area (Å²) in [6, 6.07) is 9.50. The number of ketones is 1. The van der Waals surface area contributed by atoms with E-state index in [0.29, 0.717) is 23.3 Å². The van der Waals surface area contributed by atoms with E-state index in [1.165, 1.54) is 20.5 Å². The van der Waals surface area contributed by atoms with Crippen molar-refractivity contribution in [1.29, 1.82) is 0 Å². The third kappa shape index (κ3) is 11.5. The molecule has 4 rings (SSSR count). The molecule has 1 saturated carbocycles. The highest BCUT2D eigenvalue weighted by Crippen LogP contribution is 2.36. The van der Waals surface area contributed by atoms with Gasteiger partial charge in [0.2, 0.25) is 15.9 Å². The monoisotopic (exact) mass is 787 g/mol. The van der Waals surface area contributed by atoms with Gasteiger partial charge < -0.3 is 24.4 Å². The standard InChI is InChI=1S/C40H54ClN3O9S/c1-26(11-10-19-40(4,52-6)23-36(46)42-37(27(2)45)39(48)51-5)28(3)54(49,50)43-38(47)31-16-18-35-34(22-31)44(24-29-12-9-13-29)20-8-7-14-30-21-33(41)17-15-32(30)25-53-35/h10,15-19,21-22,26,28-29,37H,7-9,11-14,20,23-25H2,1-6H3,(H,42,46)(H,43,47)/b19-10+/t26-,28+,37+,40+/m0/s1. The minimum atomic E-state index is -4.10. The molecule has 0 radical (unpaired) electrons. The maximum absolute atomic E-state index is 13.6. The predicted octanol–water partition coefficient (Wildman–Crippen LogP) is 5.93. The number of rotatable bonds is 15. The van der Waals surface area contributed by atoms with E-state index in [9.17, 15) is 27.6 Å². The molecule has 1 aliphatic heterocycles. The van der Waals surface area contributed by atoms with E-state index in [0.717, 1.165) is 69.1 Å². The molecule has 1 heterocycles. The third-order valence-electron chi connectivity index (χ3n) is 10.6. The molecule has 2 aromatic rings. The number of amides is 2. The van der Waals surface area contributed by atoms with Crippen molar-refractivity contribution in [1.82, 2.24) is 10.0 Å². The Morgan fingerprint density at radius 1 is 1.06 bits per heavy atom. The Hall–Kier alpha value is -3.94. The van der Waals surface area contributed by atoms with Crippen LogP contribution in [0.5, 0.6) is 5.75 Å². The molecule has 1 aliphatic carbocycles. The number of allylic oxidation sites excluding steroid dienone is 1. The van der Waals surface area contributed by atoms with Crippen LogP contribution in [-0.2, 0) is 46.9 Å². The predicted molar refractivity (Wildman–Crippen MR) is 208 cm³/mol. The fourth-order valence-corrected chi connectivity index (χ4v) is 8.03. The van der Waals surface area contributed by atoms with Crippen molar-refractivity contribution in [3.8, 4) is 5.75 Å². The van der Waals surface area contributed by atoms with Crippen LogP contribution in [0.2, 0.25) is 5.02 Å². The molecule has 0 saturated heterocycles. The fraction of sp³-hybridized carbons (Fsp3) is 0.550. The lowest BCUT2D eigenvalue weighted by atomic mass is 9.85. The van der Waals surface area contributed by atoms with Gasteiger partial charge in [-0.3, -0.25) is 14.4 Å². The van der Waals surface area contributed by atoms with Crippen LogP contribution in [0, 0.1) is 11.8 Å². The van der Waals surface area contributed by atoms with Gasteiger partial charge >= 0.3 is 5.97 Å². The first kappa shape index (κ1) is 42.8. The van der Waals surface area contributed by atoms with Crippen LogP contribution in [0.4, 0.5) is 5.69 Å². The summed E-state index contributed by atoms with van der Waals surface area (Å²) in [5, 5.41) is 2.11. The minimum Gasteiger partial charge on any atom is -0.487 e. The van der Waals surface area contributed by atoms with Crippen molar-refractivity contribution >= 4 is 50.9 Å². The SMILES string of the molecule is COC(=O)[C@H](NC(=O)C[C@@](C)(/C=C/C[C@H](C)[C@@H](C)S(=O)(=O)NC(=O)c1ccc2c(c1)N(CC1CCC1)CCCCc1cc(Cl)ccc1CO2)OC)C(C)=O. The van der Waals surface area contributed by atoms with Crippen molar-refractivity contribution < 1.29 is 41.8 Å². The molecule has 2 aliphatic rings. The zero-order chi connectivity index (χ0) is 39.6. The van der Waals surface area contributed by atoms with Gasteiger partial charge in [-0.15, -0.1) is 0 Å². The van der Waals surface area contributed by atoms with Gasteiger partial charge in [-0.1, -0.05) is 43.2 Å². The zero-order valence-electron chi connectivity index (χ0n) is 32.1. The highest BCUT2D eigenvalue weighted by molar-refractivity contribution is 7.90. The number of halogens is 1. The molecule has 0 bridgehead atoms. The maximum Gasteiger partial charge on any atom is 0.336 e. The van der Waals surface area contributed by atoms with Crippen LogP contribution in [0.3, 0.4) is 0 Å². The number of nitrogens with zero attached hydrogens (tertiary/aromatic N) is 1. The van der Waals surface area contributed by atoms with Crippen molar-refractivity contribution in [2.24, 2.45) is 11.8 Å². The quantitative estimate of drug-likeness (QED) is 0.126. The number of esters is 1. The highest BCUT2D eigenvalue weighted by atomic mass is 35.5. The number of hydrogen-bond donors (Lipinski definition) is 2. The number of hydrogen-bond acceptors (Lipinski definition) is 10. The Balaban J connectivity index is 1.45. The van der Waals surface area contributed by atoms with E-state index in [1.54, 1.807) is 51.1 Å². The van der Waals surface area contributed by atoms with E-state index in [-0.39, 0.29) is 18.4 Å². The lowest BCUT2D eigenvalue weighted by Gasteiger charge is -2.34. The van der Waals surface area contributed by atoms with Gasteiger partial charge in [0, 0.05) is 30.8 Å². The van der Waals surface area contributed by atoms with Crippen molar-refractivity contribution in [3.63, 3.8) is 0 Å². The van der Waals surface area contributed by atoms with Crippen LogP contribution in [-0.4, -0.2) is 76.2 Å². The molecular formula is C40H54ClN3O9S. The van der Waals surface area contributed by atoms with Gasteiger partial charge in [0.1, 0.15) is 12.4 Å². The van der Waals surface area contributed by atoms with Crippen LogP contribution in [0.1, 0.15) is 94.1 Å². The number of methoxy groups -OCH3 is 2. The van der Waals surface area contributed by atoms with Gasteiger partial charge in [-0.25, -0.2) is 17.9 Å². The van der Waals surface area contributed by atoms with E-state index in [2.05, 4.69) is 19.7 Å². The summed E-state index contributed by atoms with van der Waals surface area (Å²) in [5.41, 5.74) is 2.09. The zero-order valence-corrected chi connectivity index (χ0v) is 33.7. The summed E-state index contributed by atoms with van der Waals surface area (Å²) in [4.78, 5) is 52.3. The second-order valence-corrected chi connectivity index (χ2v) is 17.2. The largest absolute Gasteiger partial charge is 0.487 e. The second kappa shape index (κ2) is 19.1. The molecule has 1 fully saturated rings. The first-order valence-corrected chi connectivity index (χ1v) is 20.4. The summed E-state index contributed by atoms with van der Waals surface area (Å²) >= 11 is 6.31. The lowest BCUT2D eigenvalue weighted by molar-refractivity contribution is -0.148. The summed E-state index contributed by atoms with van der Waals surface area (Å²) in [7, 11) is -1.57. The van der Waals surface area contributed by atoms with E-state index >= 15 is 0 Å². The second-order valence-electron chi connectivity index (χ2n) is 14.7. The molecule has 54 heavy (non-hydrogen) atoms. The Labute approximate surface area is 324 Å². The van der Waals surface area contributed by atoms with Crippen LogP contribution in [0.25, 0.3) is 0 Å². The minimum absolute atomic E-state index is 0.217. The molecule has 12 nitrogen and oxygen atoms in total. The molecular weight excluding hydrogens is 734 g/mol. The number of aryl methyl sites for hydroxylation is 1. The summed E-state index contributed by atoms with van der Waals surface area (Å²) < 4.78 is 45.8. The highest BCUT2D eigenvalue weighted by Gasteiger charge is 2.32. The number of Topliss-reactive ketones (excluding diaryl/α,β-unsaturated/α-hetero) is 1. The number of fused-ring (bicyclic) bond motifs is 2.